The highest BCUT2D eigenvalue weighted by Crippen LogP contribution is 2.39. The molecule has 4 nitrogen and oxygen atoms in total. The molecule has 0 saturated heterocycles. The summed E-state index contributed by atoms with van der Waals surface area (Å²) in [6.45, 7) is 2.14. The second-order valence-electron chi connectivity index (χ2n) is 11.0. The number of rotatable bonds is 3. The van der Waals surface area contributed by atoms with Crippen LogP contribution >= 0.6 is 0 Å². The van der Waals surface area contributed by atoms with Gasteiger partial charge in [-0.15, -0.1) is 0 Å². The van der Waals surface area contributed by atoms with E-state index in [4.69, 9.17) is 4.98 Å². The van der Waals surface area contributed by atoms with E-state index >= 15 is 0 Å². The number of hydrogen-bond donors (Lipinski definition) is 0. The van der Waals surface area contributed by atoms with Crippen molar-refractivity contribution in [3.05, 3.63) is 145 Å². The van der Waals surface area contributed by atoms with Crippen molar-refractivity contribution in [1.82, 2.24) is 18.5 Å². The number of aryl methyl sites for hydroxylation is 1. The molecule has 0 amide bonds. The molecule has 9 rings (SSSR count). The second-order valence-corrected chi connectivity index (χ2v) is 11.0. The predicted octanol–water partition coefficient (Wildman–Crippen LogP) is 9.50. The molecule has 0 aliphatic carbocycles. The van der Waals surface area contributed by atoms with Crippen LogP contribution in [0.1, 0.15) is 5.56 Å². The van der Waals surface area contributed by atoms with Gasteiger partial charge in [-0.2, -0.15) is 0 Å². The Morgan fingerprint density at radius 1 is 0.452 bits per heavy atom. The molecule has 0 N–H and O–H groups in total. The van der Waals surface area contributed by atoms with Gasteiger partial charge in [0.1, 0.15) is 0 Å². The molecule has 3 aromatic heterocycles. The SMILES string of the molecule is Cc1ccc2nc3n(-c4ccccc4-c4ccccc4-n4c5ccccc5c5ccccc54)c4ccccc4n3c2c1. The summed E-state index contributed by atoms with van der Waals surface area (Å²) in [7, 11) is 0. The van der Waals surface area contributed by atoms with Gasteiger partial charge < -0.3 is 4.57 Å². The molecule has 0 spiro atoms. The lowest BCUT2D eigenvalue weighted by atomic mass is 10.0. The van der Waals surface area contributed by atoms with Gasteiger partial charge in [0.05, 0.1) is 44.5 Å². The van der Waals surface area contributed by atoms with Crippen molar-refractivity contribution in [3.8, 4) is 22.5 Å². The first-order valence-electron chi connectivity index (χ1n) is 14.3. The molecular formula is C38H26N4. The highest BCUT2D eigenvalue weighted by molar-refractivity contribution is 6.10. The minimum atomic E-state index is 0.915. The summed E-state index contributed by atoms with van der Waals surface area (Å²) in [4.78, 5) is 5.18. The smallest absolute Gasteiger partial charge is 0.220 e. The van der Waals surface area contributed by atoms with Gasteiger partial charge in [-0.1, -0.05) is 91.0 Å². The van der Waals surface area contributed by atoms with Crippen LogP contribution in [0.3, 0.4) is 0 Å². The zero-order chi connectivity index (χ0) is 27.8. The zero-order valence-corrected chi connectivity index (χ0v) is 23.1. The van der Waals surface area contributed by atoms with Crippen molar-refractivity contribution in [2.24, 2.45) is 0 Å². The van der Waals surface area contributed by atoms with Crippen LogP contribution in [0, 0.1) is 6.92 Å². The third-order valence-corrected chi connectivity index (χ3v) is 8.52. The first-order chi connectivity index (χ1) is 20.8. The molecule has 9 aromatic rings. The van der Waals surface area contributed by atoms with Crippen LogP contribution < -0.4 is 0 Å². The van der Waals surface area contributed by atoms with Crippen LogP contribution in [0.2, 0.25) is 0 Å². The molecule has 6 aromatic carbocycles. The van der Waals surface area contributed by atoms with E-state index < -0.39 is 0 Å². The van der Waals surface area contributed by atoms with Gasteiger partial charge in [0.25, 0.3) is 0 Å². The quantitative estimate of drug-likeness (QED) is 0.220. The molecule has 0 atom stereocenters. The van der Waals surface area contributed by atoms with Crippen LogP contribution in [0.15, 0.2) is 140 Å². The maximum absolute atomic E-state index is 5.18. The van der Waals surface area contributed by atoms with Gasteiger partial charge >= 0.3 is 0 Å². The Balaban J connectivity index is 1.38. The van der Waals surface area contributed by atoms with E-state index in [1.54, 1.807) is 0 Å². The number of imidazole rings is 2. The Morgan fingerprint density at radius 2 is 0.976 bits per heavy atom. The average Bonchev–Trinajstić information content (AvgIpc) is 3.68. The van der Waals surface area contributed by atoms with Crippen molar-refractivity contribution >= 4 is 49.7 Å². The van der Waals surface area contributed by atoms with Gasteiger partial charge in [-0.3, -0.25) is 8.97 Å². The molecule has 4 heteroatoms. The summed E-state index contributed by atoms with van der Waals surface area (Å²) in [5.41, 5.74) is 12.6. The van der Waals surface area contributed by atoms with E-state index in [9.17, 15) is 0 Å². The van der Waals surface area contributed by atoms with Crippen molar-refractivity contribution < 1.29 is 0 Å². The van der Waals surface area contributed by atoms with E-state index in [1.165, 1.54) is 32.9 Å². The third kappa shape index (κ3) is 3.15. The monoisotopic (exact) mass is 538 g/mol. The summed E-state index contributed by atoms with van der Waals surface area (Å²) in [5.74, 6) is 0.915. The fourth-order valence-corrected chi connectivity index (χ4v) is 6.72. The first-order valence-corrected chi connectivity index (χ1v) is 14.3. The van der Waals surface area contributed by atoms with Crippen LogP contribution in [0.4, 0.5) is 0 Å². The lowest BCUT2D eigenvalue weighted by molar-refractivity contribution is 1.11. The second kappa shape index (κ2) is 8.69. The Bertz CT molecular complexity index is 2430. The Kier molecular flexibility index (Phi) is 4.79. The van der Waals surface area contributed by atoms with Gasteiger partial charge in [0.2, 0.25) is 5.78 Å². The largest absolute Gasteiger partial charge is 0.309 e. The molecule has 0 aliphatic rings. The molecule has 0 saturated carbocycles. The number of benzene rings is 6. The van der Waals surface area contributed by atoms with E-state index in [0.717, 1.165) is 44.8 Å². The van der Waals surface area contributed by atoms with Gasteiger partial charge in [-0.05, 0) is 61.0 Å². The predicted molar refractivity (Wildman–Crippen MR) is 174 cm³/mol. The van der Waals surface area contributed by atoms with E-state index in [-0.39, 0.29) is 0 Å². The number of para-hydroxylation sites is 6. The lowest BCUT2D eigenvalue weighted by Crippen LogP contribution is -2.01. The standard InChI is InChI=1S/C38H26N4/c1-25-22-23-30-37(24-25)42-36-21-11-10-20-35(36)41(38(42)39-30)34-19-9-5-15-29(34)28-14-4-8-18-33(28)40-31-16-6-2-12-26(31)27-13-3-7-17-32(27)40/h2-24H,1H3. The summed E-state index contributed by atoms with van der Waals surface area (Å²) in [5, 5.41) is 2.52. The maximum Gasteiger partial charge on any atom is 0.220 e. The maximum atomic E-state index is 5.18. The fourth-order valence-electron chi connectivity index (χ4n) is 6.72. The molecule has 0 bridgehead atoms. The molecular weight excluding hydrogens is 512 g/mol. The summed E-state index contributed by atoms with van der Waals surface area (Å²) >= 11 is 0. The fraction of sp³-hybridized carbons (Fsp3) is 0.0263. The van der Waals surface area contributed by atoms with Crippen molar-refractivity contribution in [1.29, 1.82) is 0 Å². The molecule has 0 radical (unpaired) electrons. The number of fused-ring (bicyclic) bond motifs is 8. The Morgan fingerprint density at radius 3 is 1.64 bits per heavy atom. The average molecular weight is 539 g/mol. The van der Waals surface area contributed by atoms with Crippen LogP contribution in [-0.4, -0.2) is 18.5 Å². The van der Waals surface area contributed by atoms with E-state index in [0.29, 0.717) is 0 Å². The molecule has 42 heavy (non-hydrogen) atoms. The molecule has 198 valence electrons. The lowest BCUT2D eigenvalue weighted by Gasteiger charge is -2.17. The van der Waals surface area contributed by atoms with E-state index in [2.05, 4.69) is 160 Å². The van der Waals surface area contributed by atoms with Gasteiger partial charge in [0.15, 0.2) is 0 Å². The van der Waals surface area contributed by atoms with Crippen molar-refractivity contribution in [2.45, 2.75) is 6.92 Å². The van der Waals surface area contributed by atoms with Crippen molar-refractivity contribution in [2.75, 3.05) is 0 Å². The summed E-state index contributed by atoms with van der Waals surface area (Å²) in [6, 6.07) is 50.0. The highest BCUT2D eigenvalue weighted by Gasteiger charge is 2.21. The minimum Gasteiger partial charge on any atom is -0.309 e. The molecule has 3 heterocycles. The summed E-state index contributed by atoms with van der Waals surface area (Å²) < 4.78 is 7.03. The Labute approximate surface area is 242 Å². The number of aromatic nitrogens is 4. The third-order valence-electron chi connectivity index (χ3n) is 8.52. The van der Waals surface area contributed by atoms with Crippen molar-refractivity contribution in [3.63, 3.8) is 0 Å². The van der Waals surface area contributed by atoms with Crippen LogP contribution in [-0.2, 0) is 0 Å². The molecule has 0 fully saturated rings. The minimum absolute atomic E-state index is 0.915. The molecule has 0 aliphatic heterocycles. The summed E-state index contributed by atoms with van der Waals surface area (Å²) in [6.07, 6.45) is 0. The van der Waals surface area contributed by atoms with E-state index in [1.807, 2.05) is 0 Å². The van der Waals surface area contributed by atoms with Crippen LogP contribution in [0.5, 0.6) is 0 Å². The normalized spacial score (nSPS) is 11.9. The molecule has 0 unspecified atom stereocenters. The van der Waals surface area contributed by atoms with Gasteiger partial charge in [-0.25, -0.2) is 4.98 Å². The highest BCUT2D eigenvalue weighted by atomic mass is 15.2. The number of nitrogens with zero attached hydrogens (tertiary/aromatic N) is 4. The zero-order valence-electron chi connectivity index (χ0n) is 23.1. The first kappa shape index (κ1) is 23.1. The Hall–Kier alpha value is -5.61. The van der Waals surface area contributed by atoms with Gasteiger partial charge in [0, 0.05) is 21.9 Å². The van der Waals surface area contributed by atoms with Crippen LogP contribution in [0.25, 0.3) is 72.2 Å². The topological polar surface area (TPSA) is 27.2 Å². The number of hydrogen-bond acceptors (Lipinski definition) is 1.